The molecule has 152 valence electrons. The number of benzene rings is 2. The Bertz CT molecular complexity index is 1070. The molecular weight excluding hydrogens is 380 g/mol. The van der Waals surface area contributed by atoms with E-state index in [0.717, 1.165) is 41.9 Å². The minimum Gasteiger partial charge on any atom is -0.497 e. The molecule has 0 atom stereocenters. The minimum absolute atomic E-state index is 0.0308. The molecule has 6 heteroatoms. The topological polar surface area (TPSA) is 69.7 Å². The van der Waals surface area contributed by atoms with Crippen LogP contribution in [0.25, 0.3) is 0 Å². The maximum absolute atomic E-state index is 13.0. The summed E-state index contributed by atoms with van der Waals surface area (Å²) in [4.78, 5) is 17.4. The standard InChI is InChI=1S/C24H22N2O4/c1-28-19-6-2-16(3-7-19)12-17-4-9-22(25-14-17)26-23(27)24(10-11-24)18-5-8-20-21(13-18)30-15-29-20/h2-9,13-14H,10-12,15H2,1H3,(H,25,26,27). The van der Waals surface area contributed by atoms with Crippen LogP contribution in [0.4, 0.5) is 5.82 Å². The third-order valence-electron chi connectivity index (χ3n) is 5.74. The first kappa shape index (κ1) is 18.5. The van der Waals surface area contributed by atoms with E-state index in [9.17, 15) is 4.79 Å². The van der Waals surface area contributed by atoms with Crippen molar-refractivity contribution in [3.8, 4) is 17.2 Å². The maximum Gasteiger partial charge on any atom is 0.236 e. The monoisotopic (exact) mass is 402 g/mol. The molecule has 0 saturated heterocycles. The van der Waals surface area contributed by atoms with E-state index in [4.69, 9.17) is 14.2 Å². The molecule has 2 aromatic carbocycles. The lowest BCUT2D eigenvalue weighted by molar-refractivity contribution is -0.118. The van der Waals surface area contributed by atoms with Crippen molar-refractivity contribution in [2.24, 2.45) is 0 Å². The Kier molecular flexibility index (Phi) is 4.54. The number of hydrogen-bond donors (Lipinski definition) is 1. The van der Waals surface area contributed by atoms with Crippen LogP contribution in [-0.4, -0.2) is 24.8 Å². The Hall–Kier alpha value is -3.54. The quantitative estimate of drug-likeness (QED) is 0.673. The predicted molar refractivity (Wildman–Crippen MR) is 112 cm³/mol. The van der Waals surface area contributed by atoms with Crippen LogP contribution in [0.1, 0.15) is 29.5 Å². The lowest BCUT2D eigenvalue weighted by Crippen LogP contribution is -2.28. The normalized spacial score (nSPS) is 15.5. The molecular formula is C24H22N2O4. The van der Waals surface area contributed by atoms with E-state index in [1.165, 1.54) is 5.56 Å². The molecule has 3 aromatic rings. The number of aromatic nitrogens is 1. The van der Waals surface area contributed by atoms with Gasteiger partial charge >= 0.3 is 0 Å². The molecule has 2 aliphatic rings. The van der Waals surface area contributed by atoms with Gasteiger partial charge in [0.2, 0.25) is 12.7 Å². The number of nitrogens with zero attached hydrogens (tertiary/aromatic N) is 1. The number of methoxy groups -OCH3 is 1. The number of nitrogens with one attached hydrogen (secondary N) is 1. The highest BCUT2D eigenvalue weighted by molar-refractivity contribution is 6.01. The molecule has 1 saturated carbocycles. The number of ether oxygens (including phenoxy) is 3. The molecule has 0 spiro atoms. The minimum atomic E-state index is -0.509. The zero-order chi connectivity index (χ0) is 20.6. The lowest BCUT2D eigenvalue weighted by atomic mass is 9.94. The van der Waals surface area contributed by atoms with Gasteiger partial charge in [-0.05, 0) is 66.3 Å². The summed E-state index contributed by atoms with van der Waals surface area (Å²) in [6.07, 6.45) is 4.20. The van der Waals surface area contributed by atoms with Crippen molar-refractivity contribution in [3.05, 3.63) is 77.5 Å². The number of hydrogen-bond acceptors (Lipinski definition) is 5. The lowest BCUT2D eigenvalue weighted by Gasteiger charge is -2.16. The van der Waals surface area contributed by atoms with Crippen molar-refractivity contribution in [1.82, 2.24) is 4.98 Å². The number of anilines is 1. The number of carbonyl (C=O) groups is 1. The summed E-state index contributed by atoms with van der Waals surface area (Å²) >= 11 is 0. The number of pyridine rings is 1. The second-order valence-corrected chi connectivity index (χ2v) is 7.68. The van der Waals surface area contributed by atoms with Crippen LogP contribution >= 0.6 is 0 Å². The molecule has 6 nitrogen and oxygen atoms in total. The van der Waals surface area contributed by atoms with E-state index in [2.05, 4.69) is 10.3 Å². The van der Waals surface area contributed by atoms with Crippen molar-refractivity contribution < 1.29 is 19.0 Å². The van der Waals surface area contributed by atoms with Gasteiger partial charge < -0.3 is 19.5 Å². The van der Waals surface area contributed by atoms with E-state index >= 15 is 0 Å². The van der Waals surface area contributed by atoms with Gasteiger partial charge in [-0.25, -0.2) is 4.98 Å². The Balaban J connectivity index is 1.26. The average Bonchev–Trinajstić information content (AvgIpc) is 3.46. The van der Waals surface area contributed by atoms with E-state index in [1.54, 1.807) is 13.3 Å². The van der Waals surface area contributed by atoms with Crippen molar-refractivity contribution >= 4 is 11.7 Å². The Morgan fingerprint density at radius 2 is 1.80 bits per heavy atom. The molecule has 5 rings (SSSR count). The third kappa shape index (κ3) is 3.45. The zero-order valence-electron chi connectivity index (χ0n) is 16.7. The van der Waals surface area contributed by atoms with Gasteiger partial charge in [-0.2, -0.15) is 0 Å². The SMILES string of the molecule is COc1ccc(Cc2ccc(NC(=O)C3(c4ccc5c(c4)OCO5)CC3)nc2)cc1. The summed E-state index contributed by atoms with van der Waals surface area (Å²) in [5.74, 6) is 2.80. The summed E-state index contributed by atoms with van der Waals surface area (Å²) < 4.78 is 16.0. The Labute approximate surface area is 174 Å². The molecule has 2 heterocycles. The van der Waals surface area contributed by atoms with Gasteiger partial charge in [0.05, 0.1) is 12.5 Å². The second-order valence-electron chi connectivity index (χ2n) is 7.68. The molecule has 0 unspecified atom stereocenters. The highest BCUT2D eigenvalue weighted by atomic mass is 16.7. The largest absolute Gasteiger partial charge is 0.497 e. The fourth-order valence-corrected chi connectivity index (χ4v) is 3.78. The van der Waals surface area contributed by atoms with Crippen LogP contribution in [0.3, 0.4) is 0 Å². The predicted octanol–water partition coefficient (Wildman–Crippen LogP) is 4.08. The molecule has 1 aliphatic carbocycles. The van der Waals surface area contributed by atoms with Crippen LogP contribution in [-0.2, 0) is 16.6 Å². The fourth-order valence-electron chi connectivity index (χ4n) is 3.78. The van der Waals surface area contributed by atoms with Gasteiger partial charge in [0.25, 0.3) is 0 Å². The molecule has 0 bridgehead atoms. The summed E-state index contributed by atoms with van der Waals surface area (Å²) in [7, 11) is 1.66. The van der Waals surface area contributed by atoms with Gasteiger partial charge in [-0.1, -0.05) is 24.3 Å². The van der Waals surface area contributed by atoms with E-state index < -0.39 is 5.41 Å². The van der Waals surface area contributed by atoms with Crippen LogP contribution in [0.2, 0.25) is 0 Å². The van der Waals surface area contributed by atoms with Crippen LogP contribution in [0.5, 0.6) is 17.2 Å². The number of rotatable bonds is 6. The third-order valence-corrected chi connectivity index (χ3v) is 5.74. The molecule has 1 N–H and O–H groups in total. The molecule has 1 aliphatic heterocycles. The van der Waals surface area contributed by atoms with Crippen molar-refractivity contribution in [2.45, 2.75) is 24.7 Å². The summed E-state index contributed by atoms with van der Waals surface area (Å²) in [5.41, 5.74) is 2.70. The van der Waals surface area contributed by atoms with E-state index in [0.29, 0.717) is 11.6 Å². The number of amides is 1. The van der Waals surface area contributed by atoms with Crippen molar-refractivity contribution in [1.29, 1.82) is 0 Å². The Morgan fingerprint density at radius 3 is 2.50 bits per heavy atom. The maximum atomic E-state index is 13.0. The molecule has 1 amide bonds. The smallest absolute Gasteiger partial charge is 0.236 e. The summed E-state index contributed by atoms with van der Waals surface area (Å²) in [5, 5.41) is 2.98. The van der Waals surface area contributed by atoms with Gasteiger partial charge in [0.1, 0.15) is 11.6 Å². The molecule has 1 aromatic heterocycles. The van der Waals surface area contributed by atoms with Gasteiger partial charge in [-0.15, -0.1) is 0 Å². The summed E-state index contributed by atoms with van der Waals surface area (Å²) in [6.45, 7) is 0.227. The number of carbonyl (C=O) groups excluding carboxylic acids is 1. The zero-order valence-corrected chi connectivity index (χ0v) is 16.7. The van der Waals surface area contributed by atoms with Crippen LogP contribution in [0, 0.1) is 0 Å². The highest BCUT2D eigenvalue weighted by Crippen LogP contribution is 2.51. The van der Waals surface area contributed by atoms with E-state index in [1.807, 2.05) is 54.6 Å². The van der Waals surface area contributed by atoms with E-state index in [-0.39, 0.29) is 12.7 Å². The fraction of sp³-hybridized carbons (Fsp3) is 0.250. The highest BCUT2D eigenvalue weighted by Gasteiger charge is 2.51. The van der Waals surface area contributed by atoms with Gasteiger partial charge in [0.15, 0.2) is 11.5 Å². The molecule has 1 fully saturated rings. The van der Waals surface area contributed by atoms with Crippen LogP contribution in [0.15, 0.2) is 60.8 Å². The second kappa shape index (κ2) is 7.37. The molecule has 30 heavy (non-hydrogen) atoms. The van der Waals surface area contributed by atoms with Crippen molar-refractivity contribution in [3.63, 3.8) is 0 Å². The summed E-state index contributed by atoms with van der Waals surface area (Å²) in [6, 6.07) is 17.6. The van der Waals surface area contributed by atoms with Gasteiger partial charge in [0, 0.05) is 6.20 Å². The van der Waals surface area contributed by atoms with Crippen LogP contribution < -0.4 is 19.5 Å². The average molecular weight is 402 g/mol. The molecule has 0 radical (unpaired) electrons. The van der Waals surface area contributed by atoms with Gasteiger partial charge in [-0.3, -0.25) is 4.79 Å². The Morgan fingerprint density at radius 1 is 1.03 bits per heavy atom. The van der Waals surface area contributed by atoms with Crippen molar-refractivity contribution in [2.75, 3.05) is 19.2 Å². The first-order valence-corrected chi connectivity index (χ1v) is 9.96. The first-order chi connectivity index (χ1) is 14.7. The first-order valence-electron chi connectivity index (χ1n) is 9.96. The number of fused-ring (bicyclic) bond motifs is 1.